The lowest BCUT2D eigenvalue weighted by Crippen LogP contribution is -2.42. The Balaban J connectivity index is 1.30. The van der Waals surface area contributed by atoms with E-state index in [1.54, 1.807) is 24.9 Å². The first-order valence-electron chi connectivity index (χ1n) is 12.5. The molecule has 2 heterocycles. The average Bonchev–Trinajstić information content (AvgIpc) is 3.36. The zero-order valence-corrected chi connectivity index (χ0v) is 21.5. The quantitative estimate of drug-likeness (QED) is 0.377. The zero-order chi connectivity index (χ0) is 26.4. The second kappa shape index (κ2) is 12.0. The van der Waals surface area contributed by atoms with Crippen molar-refractivity contribution < 1.29 is 24.2 Å². The second-order valence-corrected chi connectivity index (χ2v) is 9.17. The minimum Gasteiger partial charge on any atom is -0.487 e. The van der Waals surface area contributed by atoms with Gasteiger partial charge in [0.05, 0.1) is 6.33 Å². The predicted molar refractivity (Wildman–Crippen MR) is 140 cm³/mol. The van der Waals surface area contributed by atoms with Gasteiger partial charge < -0.3 is 19.1 Å². The molecule has 0 fully saturated rings. The van der Waals surface area contributed by atoms with Gasteiger partial charge in [0.25, 0.3) is 0 Å². The smallest absolute Gasteiger partial charge is 0.238 e. The third-order valence-electron chi connectivity index (χ3n) is 6.55. The lowest BCUT2D eigenvalue weighted by Gasteiger charge is -2.27. The number of hydrogen-bond acceptors (Lipinski definition) is 7. The molecule has 1 aliphatic heterocycles. The third-order valence-corrected chi connectivity index (χ3v) is 6.55. The van der Waals surface area contributed by atoms with Gasteiger partial charge in [0, 0.05) is 26.7 Å². The van der Waals surface area contributed by atoms with Gasteiger partial charge in [0.2, 0.25) is 5.91 Å². The standard InChI is InChI=1S/C28H34N4O5/c1-4-31(14-15-32-19-29-27-25(32)26(34)20(2)28(35)30(27)3)16-22(33)18-37-24-13-9-8-12-23(24)36-17-21-10-6-5-7-11-21/h5-13,19-20,22,33H,4,14-18H2,1-3H3. The minimum absolute atomic E-state index is 0.117. The van der Waals surface area contributed by atoms with Crippen molar-refractivity contribution in [2.45, 2.75) is 33.1 Å². The molecule has 0 bridgehead atoms. The maximum absolute atomic E-state index is 12.7. The van der Waals surface area contributed by atoms with E-state index in [9.17, 15) is 14.7 Å². The summed E-state index contributed by atoms with van der Waals surface area (Å²) in [6.45, 7) is 6.43. The first kappa shape index (κ1) is 26.4. The fourth-order valence-corrected chi connectivity index (χ4v) is 4.34. The van der Waals surface area contributed by atoms with Crippen molar-refractivity contribution in [2.24, 2.45) is 5.92 Å². The summed E-state index contributed by atoms with van der Waals surface area (Å²) in [4.78, 5) is 32.8. The van der Waals surface area contributed by atoms with Crippen molar-refractivity contribution >= 4 is 17.5 Å². The monoisotopic (exact) mass is 506 g/mol. The van der Waals surface area contributed by atoms with Crippen LogP contribution in [0.5, 0.6) is 11.5 Å². The Morgan fingerprint density at radius 3 is 2.43 bits per heavy atom. The van der Waals surface area contributed by atoms with Gasteiger partial charge in [-0.3, -0.25) is 19.4 Å². The summed E-state index contributed by atoms with van der Waals surface area (Å²) in [5, 5.41) is 10.7. The van der Waals surface area contributed by atoms with Crippen LogP contribution in [0.3, 0.4) is 0 Å². The summed E-state index contributed by atoms with van der Waals surface area (Å²) in [5.41, 5.74) is 1.52. The number of nitrogens with zero attached hydrogens (tertiary/aromatic N) is 4. The summed E-state index contributed by atoms with van der Waals surface area (Å²) >= 11 is 0. The number of ketones is 1. The number of hydrogen-bond donors (Lipinski definition) is 1. The van der Waals surface area contributed by atoms with Crippen molar-refractivity contribution in [3.05, 3.63) is 72.2 Å². The summed E-state index contributed by atoms with van der Waals surface area (Å²) in [6, 6.07) is 17.3. The Labute approximate surface area is 217 Å². The van der Waals surface area contributed by atoms with E-state index >= 15 is 0 Å². The second-order valence-electron chi connectivity index (χ2n) is 9.17. The highest BCUT2D eigenvalue weighted by Crippen LogP contribution is 2.29. The van der Waals surface area contributed by atoms with Gasteiger partial charge in [-0.25, -0.2) is 4.98 Å². The maximum Gasteiger partial charge on any atom is 0.238 e. The Bertz CT molecular complexity index is 1210. The Morgan fingerprint density at radius 2 is 1.73 bits per heavy atom. The molecule has 2 aromatic carbocycles. The number of aliphatic hydroxyl groups excluding tert-OH is 1. The number of Topliss-reactive ketones (excluding diaryl/α,β-unsaturated/α-hetero) is 1. The van der Waals surface area contributed by atoms with Gasteiger partial charge in [0.15, 0.2) is 23.1 Å². The fraction of sp³-hybridized carbons (Fsp3) is 0.393. The molecule has 9 nitrogen and oxygen atoms in total. The number of para-hydroxylation sites is 2. The highest BCUT2D eigenvalue weighted by Gasteiger charge is 2.38. The first-order chi connectivity index (χ1) is 17.9. The summed E-state index contributed by atoms with van der Waals surface area (Å²) < 4.78 is 13.6. The number of amides is 1. The van der Waals surface area contributed by atoms with Gasteiger partial charge in [0.1, 0.15) is 30.9 Å². The molecule has 0 saturated carbocycles. The van der Waals surface area contributed by atoms with Crippen LogP contribution in [-0.4, -0.2) is 70.6 Å². The van der Waals surface area contributed by atoms with E-state index in [2.05, 4.69) is 9.88 Å². The van der Waals surface area contributed by atoms with Gasteiger partial charge >= 0.3 is 0 Å². The largest absolute Gasteiger partial charge is 0.487 e. The highest BCUT2D eigenvalue weighted by molar-refractivity contribution is 6.19. The number of ether oxygens (including phenoxy) is 2. The molecule has 1 aromatic heterocycles. The number of imidazole rings is 1. The van der Waals surface area contributed by atoms with Crippen LogP contribution in [0.1, 0.15) is 29.9 Å². The maximum atomic E-state index is 12.7. The molecule has 9 heteroatoms. The van der Waals surface area contributed by atoms with Crippen LogP contribution < -0.4 is 14.4 Å². The van der Waals surface area contributed by atoms with Gasteiger partial charge in [-0.05, 0) is 31.2 Å². The molecule has 196 valence electrons. The van der Waals surface area contributed by atoms with Crippen LogP contribution in [0.25, 0.3) is 0 Å². The molecular weight excluding hydrogens is 472 g/mol. The number of benzene rings is 2. The molecule has 0 spiro atoms. The number of likely N-dealkylation sites (N-methyl/N-ethyl adjacent to an activating group) is 1. The summed E-state index contributed by atoms with van der Waals surface area (Å²) in [6.07, 6.45) is 0.883. The molecule has 0 saturated heterocycles. The van der Waals surface area contributed by atoms with Crippen molar-refractivity contribution in [1.29, 1.82) is 0 Å². The number of aliphatic hydroxyl groups is 1. The lowest BCUT2D eigenvalue weighted by molar-refractivity contribution is -0.120. The van der Waals surface area contributed by atoms with E-state index in [0.717, 1.165) is 5.56 Å². The molecule has 2 unspecified atom stereocenters. The molecule has 1 N–H and O–H groups in total. The Morgan fingerprint density at radius 1 is 1.05 bits per heavy atom. The number of rotatable bonds is 12. The number of aromatic nitrogens is 2. The van der Waals surface area contributed by atoms with Gasteiger partial charge in [-0.1, -0.05) is 49.4 Å². The third kappa shape index (κ3) is 6.18. The van der Waals surface area contributed by atoms with E-state index in [1.165, 1.54) is 4.90 Å². The van der Waals surface area contributed by atoms with Crippen LogP contribution in [0.2, 0.25) is 0 Å². The van der Waals surface area contributed by atoms with E-state index < -0.39 is 12.0 Å². The minimum atomic E-state index is -0.718. The Hall–Kier alpha value is -3.69. The molecule has 3 aromatic rings. The average molecular weight is 507 g/mol. The molecule has 4 rings (SSSR count). The van der Waals surface area contributed by atoms with Crippen molar-refractivity contribution in [3.63, 3.8) is 0 Å². The van der Waals surface area contributed by atoms with Crippen molar-refractivity contribution in [1.82, 2.24) is 14.5 Å². The molecule has 2 atom stereocenters. The van der Waals surface area contributed by atoms with E-state index in [4.69, 9.17) is 9.47 Å². The zero-order valence-electron chi connectivity index (χ0n) is 21.5. The topological polar surface area (TPSA) is 97.1 Å². The first-order valence-corrected chi connectivity index (χ1v) is 12.5. The van der Waals surface area contributed by atoms with E-state index in [-0.39, 0.29) is 18.3 Å². The molecule has 0 radical (unpaired) electrons. The number of anilines is 1. The predicted octanol–water partition coefficient (Wildman–Crippen LogP) is 3.02. The van der Waals surface area contributed by atoms with Crippen LogP contribution >= 0.6 is 0 Å². The highest BCUT2D eigenvalue weighted by atomic mass is 16.5. The molecule has 0 aliphatic carbocycles. The molecule has 1 amide bonds. The lowest BCUT2D eigenvalue weighted by atomic mass is 9.98. The fourth-order valence-electron chi connectivity index (χ4n) is 4.34. The van der Waals surface area contributed by atoms with E-state index in [1.807, 2.05) is 61.5 Å². The summed E-state index contributed by atoms with van der Waals surface area (Å²) in [7, 11) is 1.64. The van der Waals surface area contributed by atoms with Crippen LogP contribution in [0.4, 0.5) is 5.82 Å². The molecule has 1 aliphatic rings. The number of fused-ring (bicyclic) bond motifs is 1. The SMILES string of the molecule is CCN(CCn1cnc2c1C(=O)C(C)C(=O)N2C)CC(O)COc1ccccc1OCc1ccccc1. The van der Waals surface area contributed by atoms with Gasteiger partial charge in [-0.2, -0.15) is 0 Å². The Kier molecular flexibility index (Phi) is 8.58. The van der Waals surface area contributed by atoms with Gasteiger partial charge in [-0.15, -0.1) is 0 Å². The number of carbonyl (C=O) groups excluding carboxylic acids is 2. The van der Waals surface area contributed by atoms with E-state index in [0.29, 0.717) is 55.8 Å². The normalized spacial score (nSPS) is 16.1. The van der Waals surface area contributed by atoms with Crippen molar-refractivity contribution in [2.75, 3.05) is 38.2 Å². The number of carbonyl (C=O) groups is 2. The van der Waals surface area contributed by atoms with Crippen LogP contribution in [0.15, 0.2) is 60.9 Å². The molecule has 37 heavy (non-hydrogen) atoms. The molecular formula is C28H34N4O5. The van der Waals surface area contributed by atoms with Crippen LogP contribution in [-0.2, 0) is 17.9 Å². The van der Waals surface area contributed by atoms with Crippen molar-refractivity contribution in [3.8, 4) is 11.5 Å². The van der Waals surface area contributed by atoms with Crippen LogP contribution in [0, 0.1) is 5.92 Å². The summed E-state index contributed by atoms with van der Waals surface area (Å²) in [5.74, 6) is 0.440.